The zero-order valence-electron chi connectivity index (χ0n) is 46.1. The van der Waals surface area contributed by atoms with E-state index >= 15 is 0 Å². The van der Waals surface area contributed by atoms with E-state index < -0.39 is 6.10 Å². The van der Waals surface area contributed by atoms with Crippen molar-refractivity contribution in [2.45, 2.75) is 239 Å². The number of unbranched alkanes of at least 4 members (excludes halogenated alkanes) is 19. The van der Waals surface area contributed by atoms with Crippen molar-refractivity contribution >= 4 is 17.9 Å². The average molecular weight is 994 g/mol. The number of carbonyl (C=O) groups excluding carboxylic acids is 3. The molecule has 6 nitrogen and oxygen atoms in total. The fraction of sp³-hybridized carbons (Fsp3) is 0.591. The first-order chi connectivity index (χ1) is 35.5. The lowest BCUT2D eigenvalue weighted by atomic mass is 10.1. The van der Waals surface area contributed by atoms with E-state index in [-0.39, 0.29) is 44.0 Å². The fourth-order valence-electron chi connectivity index (χ4n) is 7.37. The highest BCUT2D eigenvalue weighted by atomic mass is 16.6. The van der Waals surface area contributed by atoms with E-state index in [1.807, 2.05) is 48.6 Å². The first-order valence-corrected chi connectivity index (χ1v) is 28.9. The van der Waals surface area contributed by atoms with E-state index in [1.165, 1.54) is 83.5 Å². The van der Waals surface area contributed by atoms with Gasteiger partial charge in [-0.1, -0.05) is 256 Å². The van der Waals surface area contributed by atoms with Crippen molar-refractivity contribution in [2.75, 3.05) is 13.2 Å². The summed E-state index contributed by atoms with van der Waals surface area (Å²) in [5.74, 6) is -1.04. The normalized spacial score (nSPS) is 13.2. The Labute approximate surface area is 442 Å². The fourth-order valence-corrected chi connectivity index (χ4v) is 7.37. The van der Waals surface area contributed by atoms with E-state index in [0.717, 1.165) is 103 Å². The van der Waals surface area contributed by atoms with Crippen LogP contribution in [-0.2, 0) is 28.6 Å². The third kappa shape index (κ3) is 56.2. The molecule has 0 saturated carbocycles. The quantitative estimate of drug-likeness (QED) is 0.0199. The van der Waals surface area contributed by atoms with Crippen LogP contribution < -0.4 is 0 Å². The van der Waals surface area contributed by atoms with Crippen LogP contribution in [0, 0.1) is 0 Å². The first-order valence-electron chi connectivity index (χ1n) is 28.9. The van der Waals surface area contributed by atoms with Gasteiger partial charge in [-0.2, -0.15) is 0 Å². The third-order valence-corrected chi connectivity index (χ3v) is 11.7. The van der Waals surface area contributed by atoms with Gasteiger partial charge in [0.15, 0.2) is 6.10 Å². The molecule has 72 heavy (non-hydrogen) atoms. The second-order valence-electron chi connectivity index (χ2n) is 18.6. The monoisotopic (exact) mass is 993 g/mol. The van der Waals surface area contributed by atoms with Crippen molar-refractivity contribution in [3.05, 3.63) is 146 Å². The molecule has 0 aliphatic rings. The Kier molecular flexibility index (Phi) is 55.0. The van der Waals surface area contributed by atoms with Gasteiger partial charge in [0.2, 0.25) is 0 Å². The summed E-state index contributed by atoms with van der Waals surface area (Å²) in [5.41, 5.74) is 0. The molecule has 0 spiro atoms. The van der Waals surface area contributed by atoms with Crippen molar-refractivity contribution in [1.29, 1.82) is 0 Å². The Morgan fingerprint density at radius 2 is 0.653 bits per heavy atom. The van der Waals surface area contributed by atoms with Gasteiger partial charge < -0.3 is 14.2 Å². The zero-order valence-corrected chi connectivity index (χ0v) is 46.1. The second-order valence-corrected chi connectivity index (χ2v) is 18.6. The summed E-state index contributed by atoms with van der Waals surface area (Å²) in [5, 5.41) is 0. The van der Waals surface area contributed by atoms with Crippen LogP contribution in [0.2, 0.25) is 0 Å². The molecule has 0 radical (unpaired) electrons. The van der Waals surface area contributed by atoms with Crippen LogP contribution in [0.1, 0.15) is 233 Å². The number of carbonyl (C=O) groups is 3. The maximum atomic E-state index is 12.9. The molecular formula is C66H104O6. The summed E-state index contributed by atoms with van der Waals surface area (Å²) in [6.07, 6.45) is 84.1. The smallest absolute Gasteiger partial charge is 0.306 e. The maximum Gasteiger partial charge on any atom is 0.306 e. The van der Waals surface area contributed by atoms with E-state index in [1.54, 1.807) is 0 Å². The summed E-state index contributed by atoms with van der Waals surface area (Å²) in [6.45, 7) is 6.33. The minimum atomic E-state index is -0.831. The van der Waals surface area contributed by atoms with Gasteiger partial charge in [0.1, 0.15) is 13.2 Å². The van der Waals surface area contributed by atoms with Crippen molar-refractivity contribution in [2.24, 2.45) is 0 Å². The molecule has 0 N–H and O–H groups in total. The average Bonchev–Trinajstić information content (AvgIpc) is 3.38. The minimum absolute atomic E-state index is 0.120. The summed E-state index contributed by atoms with van der Waals surface area (Å²) < 4.78 is 16.8. The summed E-state index contributed by atoms with van der Waals surface area (Å²) in [6, 6.07) is 0. The van der Waals surface area contributed by atoms with Gasteiger partial charge >= 0.3 is 17.9 Å². The molecule has 0 aromatic carbocycles. The molecule has 1 atom stereocenters. The lowest BCUT2D eigenvalue weighted by Gasteiger charge is -2.18. The van der Waals surface area contributed by atoms with Crippen LogP contribution in [0.3, 0.4) is 0 Å². The molecule has 0 aliphatic heterocycles. The van der Waals surface area contributed by atoms with Crippen LogP contribution in [-0.4, -0.2) is 37.2 Å². The van der Waals surface area contributed by atoms with E-state index in [4.69, 9.17) is 14.2 Å². The SMILES string of the molecule is CC/C=C\C/C=C\C/C=C\C/C=C\C/C=C\C/C=C\CCC(=O)OCC(COC(=O)CCCCCCCCC/C=C\CCCCCCCC)OC(=O)CCCCCCC\C=C/C=C\C=C/C=C\C=C/CCC. The van der Waals surface area contributed by atoms with E-state index in [9.17, 15) is 14.4 Å². The standard InChI is InChI=1S/C66H104O6/c1-4-7-10-13-16-19-22-25-28-31-33-36-38-41-44-47-50-53-56-59-65(68)71-62-63(61-70-64(67)58-55-52-49-46-43-40-37-34-30-27-24-21-18-15-12-9-6-3)72-66(69)60-57-54-51-48-45-42-39-35-32-29-26-23-20-17-14-11-8-5-2/h7,10-11,14,16-17,19-20,23,25-30,32-33,35-36,39,41,44,50,53,63H,4-6,8-9,12-13,15,18,21-22,24,31,34,37-38,40,42-43,45-49,51-52,54-62H2,1-3H3/b10-7-,14-11-,19-16-,20-17-,26-23-,28-25-,30-27-,32-29-,36-33-,39-35-,44-41-,53-50-. The topological polar surface area (TPSA) is 78.9 Å². The zero-order chi connectivity index (χ0) is 52.2. The lowest BCUT2D eigenvalue weighted by molar-refractivity contribution is -0.166. The lowest BCUT2D eigenvalue weighted by Crippen LogP contribution is -2.30. The Balaban J connectivity index is 4.59. The van der Waals surface area contributed by atoms with E-state index in [2.05, 4.69) is 118 Å². The molecule has 0 amide bonds. The number of rotatable bonds is 50. The van der Waals surface area contributed by atoms with Gasteiger partial charge in [-0.05, 0) is 103 Å². The highest BCUT2D eigenvalue weighted by Gasteiger charge is 2.19. The number of esters is 3. The predicted molar refractivity (Wildman–Crippen MR) is 311 cm³/mol. The van der Waals surface area contributed by atoms with Crippen LogP contribution in [0.5, 0.6) is 0 Å². The predicted octanol–water partition coefficient (Wildman–Crippen LogP) is 19.6. The van der Waals surface area contributed by atoms with Gasteiger partial charge in [-0.25, -0.2) is 0 Å². The first kappa shape index (κ1) is 67.3. The van der Waals surface area contributed by atoms with Crippen LogP contribution in [0.25, 0.3) is 0 Å². The summed E-state index contributed by atoms with van der Waals surface area (Å²) in [4.78, 5) is 38.2. The molecule has 0 bridgehead atoms. The maximum absolute atomic E-state index is 12.9. The van der Waals surface area contributed by atoms with Crippen molar-refractivity contribution in [1.82, 2.24) is 0 Å². The Morgan fingerprint density at radius 3 is 1.11 bits per heavy atom. The van der Waals surface area contributed by atoms with Crippen LogP contribution >= 0.6 is 0 Å². The molecule has 0 aliphatic carbocycles. The Hall–Kier alpha value is -4.71. The van der Waals surface area contributed by atoms with Gasteiger partial charge in [0.25, 0.3) is 0 Å². The Bertz CT molecular complexity index is 1610. The molecular weight excluding hydrogens is 889 g/mol. The molecule has 0 fully saturated rings. The molecule has 0 rings (SSSR count). The summed E-state index contributed by atoms with van der Waals surface area (Å²) >= 11 is 0. The largest absolute Gasteiger partial charge is 0.462 e. The highest BCUT2D eigenvalue weighted by molar-refractivity contribution is 5.71. The second kappa shape index (κ2) is 58.9. The van der Waals surface area contributed by atoms with Crippen LogP contribution in [0.4, 0.5) is 0 Å². The number of hydrogen-bond acceptors (Lipinski definition) is 6. The number of allylic oxidation sites excluding steroid dienone is 24. The van der Waals surface area contributed by atoms with Crippen LogP contribution in [0.15, 0.2) is 146 Å². The molecule has 0 aromatic rings. The Morgan fingerprint density at radius 1 is 0.306 bits per heavy atom. The van der Waals surface area contributed by atoms with Gasteiger partial charge in [0, 0.05) is 19.3 Å². The molecule has 1 unspecified atom stereocenters. The van der Waals surface area contributed by atoms with Crippen molar-refractivity contribution < 1.29 is 28.6 Å². The molecule has 0 heterocycles. The third-order valence-electron chi connectivity index (χ3n) is 11.7. The number of ether oxygens (including phenoxy) is 3. The van der Waals surface area contributed by atoms with Gasteiger partial charge in [0.05, 0.1) is 0 Å². The van der Waals surface area contributed by atoms with Gasteiger partial charge in [-0.3, -0.25) is 14.4 Å². The van der Waals surface area contributed by atoms with Crippen molar-refractivity contribution in [3.63, 3.8) is 0 Å². The van der Waals surface area contributed by atoms with Crippen molar-refractivity contribution in [3.8, 4) is 0 Å². The van der Waals surface area contributed by atoms with E-state index in [0.29, 0.717) is 12.8 Å². The molecule has 6 heteroatoms. The highest BCUT2D eigenvalue weighted by Crippen LogP contribution is 2.13. The summed E-state index contributed by atoms with van der Waals surface area (Å²) in [7, 11) is 0. The molecule has 0 aromatic heterocycles. The van der Waals surface area contributed by atoms with Gasteiger partial charge in [-0.15, -0.1) is 0 Å². The minimum Gasteiger partial charge on any atom is -0.462 e. The molecule has 404 valence electrons. The molecule has 0 saturated heterocycles. The number of hydrogen-bond donors (Lipinski definition) is 0.